The van der Waals surface area contributed by atoms with Crippen LogP contribution in [0.5, 0.6) is 0 Å². The minimum Gasteiger partial charge on any atom is -0.338 e. The van der Waals surface area contributed by atoms with E-state index in [1.165, 1.54) is 0 Å². The van der Waals surface area contributed by atoms with E-state index in [-0.39, 0.29) is 11.5 Å². The minimum absolute atomic E-state index is 0.0469. The Hall–Kier alpha value is -3.74. The number of benzene rings is 1. The van der Waals surface area contributed by atoms with Gasteiger partial charge in [-0.05, 0) is 28.6 Å². The molecule has 0 atom stereocenters. The Morgan fingerprint density at radius 3 is 2.80 bits per heavy atom. The van der Waals surface area contributed by atoms with Crippen molar-refractivity contribution in [1.82, 2.24) is 24.6 Å². The molecule has 0 saturated carbocycles. The van der Waals surface area contributed by atoms with Crippen molar-refractivity contribution >= 4 is 16.7 Å². The number of nitrogens with one attached hydrogen (secondary N) is 1. The smallest absolute Gasteiger partial charge is 0.256 e. The maximum Gasteiger partial charge on any atom is 0.256 e. The maximum absolute atomic E-state index is 12.9. The van der Waals surface area contributed by atoms with Crippen molar-refractivity contribution in [2.24, 2.45) is 7.05 Å². The number of aromatic nitrogens is 4. The van der Waals surface area contributed by atoms with Crippen molar-refractivity contribution < 1.29 is 4.79 Å². The van der Waals surface area contributed by atoms with Crippen LogP contribution in [-0.2, 0) is 24.8 Å². The molecule has 0 spiro atoms. The lowest BCUT2D eigenvalue weighted by Crippen LogP contribution is -2.35. The van der Waals surface area contributed by atoms with Gasteiger partial charge < -0.3 is 9.88 Å². The van der Waals surface area contributed by atoms with Crippen molar-refractivity contribution in [1.29, 1.82) is 0 Å². The Bertz CT molecular complexity index is 1350. The van der Waals surface area contributed by atoms with Gasteiger partial charge in [-0.2, -0.15) is 5.10 Å². The molecule has 1 aliphatic heterocycles. The Kier molecular flexibility index (Phi) is 4.24. The number of hydrogen-bond acceptors (Lipinski definition) is 4. The Labute approximate surface area is 173 Å². The number of aromatic amines is 1. The highest BCUT2D eigenvalue weighted by Crippen LogP contribution is 2.30. The number of pyridine rings is 2. The standard InChI is InChI=1S/C23H21N5O2/c1-14(29)28-7-6-21-16(13-28)8-19(23(30)26-21)18-5-3-4-15-9-22(24-11-20(15)18)17-10-25-27(2)12-17/h3-5,8-12H,6-7,13H2,1-2H3,(H,26,30). The van der Waals surface area contributed by atoms with Gasteiger partial charge in [-0.25, -0.2) is 0 Å². The number of carbonyl (C=O) groups is 1. The predicted octanol–water partition coefficient (Wildman–Crippen LogP) is 2.90. The monoisotopic (exact) mass is 399 g/mol. The normalized spacial score (nSPS) is 13.5. The van der Waals surface area contributed by atoms with Crippen LogP contribution in [0.15, 0.2) is 53.7 Å². The van der Waals surface area contributed by atoms with E-state index in [1.54, 1.807) is 22.7 Å². The van der Waals surface area contributed by atoms with Gasteiger partial charge in [0, 0.05) is 68.1 Å². The van der Waals surface area contributed by atoms with Crippen LogP contribution >= 0.6 is 0 Å². The van der Waals surface area contributed by atoms with Gasteiger partial charge in [-0.1, -0.05) is 18.2 Å². The van der Waals surface area contributed by atoms with E-state index in [2.05, 4.69) is 15.1 Å². The van der Waals surface area contributed by atoms with Crippen LogP contribution in [-0.4, -0.2) is 37.1 Å². The summed E-state index contributed by atoms with van der Waals surface area (Å²) in [5.74, 6) is 0.0469. The van der Waals surface area contributed by atoms with E-state index < -0.39 is 0 Å². The molecule has 1 aliphatic rings. The van der Waals surface area contributed by atoms with E-state index in [4.69, 9.17) is 0 Å². The summed E-state index contributed by atoms with van der Waals surface area (Å²) in [6.07, 6.45) is 6.18. The SMILES string of the molecule is CC(=O)N1CCc2[nH]c(=O)c(-c3cccc4cc(-c5cnn(C)c5)ncc34)cc2C1. The summed E-state index contributed by atoms with van der Waals surface area (Å²) in [6.45, 7) is 2.73. The molecular weight excluding hydrogens is 378 g/mol. The van der Waals surface area contributed by atoms with Gasteiger partial charge in [0.1, 0.15) is 0 Å². The molecule has 0 radical (unpaired) electrons. The summed E-state index contributed by atoms with van der Waals surface area (Å²) in [4.78, 5) is 34.1. The van der Waals surface area contributed by atoms with Crippen LogP contribution in [0.3, 0.4) is 0 Å². The molecule has 0 unspecified atom stereocenters. The molecular formula is C23H21N5O2. The highest BCUT2D eigenvalue weighted by atomic mass is 16.2. The molecule has 4 heterocycles. The first-order valence-electron chi connectivity index (χ1n) is 9.88. The van der Waals surface area contributed by atoms with Gasteiger partial charge in [0.05, 0.1) is 11.9 Å². The molecule has 0 fully saturated rings. The Morgan fingerprint density at radius 2 is 2.03 bits per heavy atom. The molecule has 1 amide bonds. The lowest BCUT2D eigenvalue weighted by Gasteiger charge is -2.28. The summed E-state index contributed by atoms with van der Waals surface area (Å²) in [5.41, 5.74) is 5.00. The average molecular weight is 399 g/mol. The third-order valence-electron chi connectivity index (χ3n) is 5.71. The number of fused-ring (bicyclic) bond motifs is 2. The molecule has 0 aliphatic carbocycles. The Morgan fingerprint density at radius 1 is 1.17 bits per heavy atom. The molecule has 1 aromatic carbocycles. The fourth-order valence-corrected chi connectivity index (χ4v) is 4.09. The number of amides is 1. The molecule has 150 valence electrons. The number of carbonyl (C=O) groups excluding carboxylic acids is 1. The van der Waals surface area contributed by atoms with E-state index in [1.807, 2.05) is 49.8 Å². The van der Waals surface area contributed by atoms with Gasteiger partial charge in [-0.3, -0.25) is 19.3 Å². The number of hydrogen-bond donors (Lipinski definition) is 1. The Balaban J connectivity index is 1.62. The zero-order valence-corrected chi connectivity index (χ0v) is 16.8. The molecule has 3 aromatic heterocycles. The zero-order valence-electron chi connectivity index (χ0n) is 16.8. The lowest BCUT2D eigenvalue weighted by atomic mass is 9.96. The quantitative estimate of drug-likeness (QED) is 0.562. The van der Waals surface area contributed by atoms with Crippen LogP contribution in [0.25, 0.3) is 33.2 Å². The largest absolute Gasteiger partial charge is 0.338 e. The first-order valence-corrected chi connectivity index (χ1v) is 9.88. The topological polar surface area (TPSA) is 83.9 Å². The lowest BCUT2D eigenvalue weighted by molar-refractivity contribution is -0.129. The summed E-state index contributed by atoms with van der Waals surface area (Å²) >= 11 is 0. The fourth-order valence-electron chi connectivity index (χ4n) is 4.09. The second kappa shape index (κ2) is 6.95. The number of rotatable bonds is 2. The number of aryl methyl sites for hydroxylation is 1. The van der Waals surface area contributed by atoms with Crippen molar-refractivity contribution in [2.45, 2.75) is 19.9 Å². The summed E-state index contributed by atoms with van der Waals surface area (Å²) in [6, 6.07) is 9.85. The minimum atomic E-state index is -0.117. The van der Waals surface area contributed by atoms with Crippen molar-refractivity contribution in [3.8, 4) is 22.4 Å². The highest BCUT2D eigenvalue weighted by molar-refractivity contribution is 5.97. The van der Waals surface area contributed by atoms with Crippen LogP contribution in [0, 0.1) is 0 Å². The highest BCUT2D eigenvalue weighted by Gasteiger charge is 2.21. The summed E-state index contributed by atoms with van der Waals surface area (Å²) in [5, 5.41) is 6.13. The average Bonchev–Trinajstić information content (AvgIpc) is 3.18. The van der Waals surface area contributed by atoms with Gasteiger partial charge >= 0.3 is 0 Å². The third-order valence-corrected chi connectivity index (χ3v) is 5.71. The molecule has 7 nitrogen and oxygen atoms in total. The maximum atomic E-state index is 12.9. The van der Waals surface area contributed by atoms with Crippen molar-refractivity contribution in [3.63, 3.8) is 0 Å². The molecule has 5 rings (SSSR count). The molecule has 4 aromatic rings. The number of H-pyrrole nitrogens is 1. The molecule has 0 bridgehead atoms. The fraction of sp³-hybridized carbons (Fsp3) is 0.217. The second-order valence-corrected chi connectivity index (χ2v) is 7.71. The van der Waals surface area contributed by atoms with Crippen molar-refractivity contribution in [3.05, 3.63) is 70.5 Å². The summed E-state index contributed by atoms with van der Waals surface area (Å²) in [7, 11) is 1.87. The van der Waals surface area contributed by atoms with E-state index in [0.29, 0.717) is 25.1 Å². The second-order valence-electron chi connectivity index (χ2n) is 7.71. The summed E-state index contributed by atoms with van der Waals surface area (Å²) < 4.78 is 1.74. The zero-order chi connectivity index (χ0) is 20.8. The first-order chi connectivity index (χ1) is 14.5. The third kappa shape index (κ3) is 3.08. The van der Waals surface area contributed by atoms with Crippen LogP contribution in [0.2, 0.25) is 0 Å². The van der Waals surface area contributed by atoms with Gasteiger partial charge in [0.15, 0.2) is 0 Å². The van der Waals surface area contributed by atoms with E-state index in [0.717, 1.165) is 38.9 Å². The van der Waals surface area contributed by atoms with Gasteiger partial charge in [0.2, 0.25) is 5.91 Å². The number of nitrogens with zero attached hydrogens (tertiary/aromatic N) is 4. The predicted molar refractivity (Wildman–Crippen MR) is 115 cm³/mol. The molecule has 7 heteroatoms. The van der Waals surface area contributed by atoms with E-state index in [9.17, 15) is 9.59 Å². The van der Waals surface area contributed by atoms with Crippen LogP contribution in [0.4, 0.5) is 0 Å². The molecule has 0 saturated heterocycles. The first kappa shape index (κ1) is 18.3. The van der Waals surface area contributed by atoms with Gasteiger partial charge in [-0.15, -0.1) is 0 Å². The van der Waals surface area contributed by atoms with Gasteiger partial charge in [0.25, 0.3) is 5.56 Å². The molecule has 30 heavy (non-hydrogen) atoms. The molecule has 1 N–H and O–H groups in total. The van der Waals surface area contributed by atoms with E-state index >= 15 is 0 Å². The van der Waals surface area contributed by atoms with Crippen molar-refractivity contribution in [2.75, 3.05) is 6.54 Å². The van der Waals surface area contributed by atoms with Crippen LogP contribution in [0.1, 0.15) is 18.2 Å². The van der Waals surface area contributed by atoms with Crippen LogP contribution < -0.4 is 5.56 Å².